The highest BCUT2D eigenvalue weighted by Crippen LogP contribution is 2.57. The summed E-state index contributed by atoms with van der Waals surface area (Å²) in [6.07, 6.45) is 22.9. The maximum Gasteiger partial charge on any atom is 0.145 e. The average Bonchev–Trinajstić information content (AvgIpc) is 3.11. The van der Waals surface area contributed by atoms with Crippen LogP contribution >= 0.6 is 7.41 Å². The van der Waals surface area contributed by atoms with Gasteiger partial charge < -0.3 is 0 Å². The fraction of sp³-hybridized carbons (Fsp3) is 0.714. The molecule has 0 atom stereocenters. The standard InChI is InChI=1S/C42H75NPSi2/c1-7-13-30-45(31-14-8-2,32-15-9-3)41-28-22-26-39(36-41)44(43,38-24-20-19-21-25-38)40-27-23-29-42(37-40)46(33-16-10-4,34-17-11-5)35-18-12-6/h22-23,26-29,36-38H,7-21,24-25,30-35,43H2,1-6H3/q+1. The summed E-state index contributed by atoms with van der Waals surface area (Å²) in [5.74, 6) is 0. The monoisotopic (exact) mass is 681 g/mol. The lowest BCUT2D eigenvalue weighted by atomic mass is 10.0. The van der Waals surface area contributed by atoms with Crippen LogP contribution < -0.4 is 26.5 Å². The van der Waals surface area contributed by atoms with Crippen LogP contribution in [-0.2, 0) is 0 Å². The Balaban J connectivity index is 2.22. The summed E-state index contributed by atoms with van der Waals surface area (Å²) >= 11 is 0. The first kappa shape index (κ1) is 39.7. The van der Waals surface area contributed by atoms with Gasteiger partial charge in [-0.25, -0.2) is 0 Å². The van der Waals surface area contributed by atoms with Gasteiger partial charge in [-0.15, -0.1) is 0 Å². The zero-order chi connectivity index (χ0) is 33.3. The molecule has 0 unspecified atom stereocenters. The van der Waals surface area contributed by atoms with Crippen molar-refractivity contribution in [1.82, 2.24) is 0 Å². The van der Waals surface area contributed by atoms with Gasteiger partial charge in [0, 0.05) is 0 Å². The van der Waals surface area contributed by atoms with Crippen molar-refractivity contribution in [2.24, 2.45) is 5.50 Å². The SMILES string of the molecule is CCCC[Si](CCCC)(CCCC)c1cccc([P+](N)(c2cccc([Si](CCCC)(CCCC)CCCC)c2)C2CCCCC2)c1. The Kier molecular flexibility index (Phi) is 17.9. The van der Waals surface area contributed by atoms with Crippen LogP contribution in [0.2, 0.25) is 36.3 Å². The molecule has 0 amide bonds. The summed E-state index contributed by atoms with van der Waals surface area (Å²) in [6, 6.07) is 29.3. The lowest BCUT2D eigenvalue weighted by molar-refractivity contribution is 0.510. The zero-order valence-electron chi connectivity index (χ0n) is 31.5. The molecule has 0 aliphatic heterocycles. The average molecular weight is 681 g/mol. The number of rotatable bonds is 23. The van der Waals surface area contributed by atoms with Crippen molar-refractivity contribution in [3.63, 3.8) is 0 Å². The molecule has 1 aliphatic carbocycles. The lowest BCUT2D eigenvalue weighted by Gasteiger charge is -2.37. The van der Waals surface area contributed by atoms with Gasteiger partial charge in [-0.05, 0) is 49.9 Å². The molecule has 1 nitrogen and oxygen atoms in total. The summed E-state index contributed by atoms with van der Waals surface area (Å²) < 4.78 is 0. The number of hydrogen-bond acceptors (Lipinski definition) is 1. The van der Waals surface area contributed by atoms with Gasteiger partial charge in [0.15, 0.2) is 0 Å². The van der Waals surface area contributed by atoms with E-state index in [0.29, 0.717) is 5.66 Å². The molecule has 1 fully saturated rings. The van der Waals surface area contributed by atoms with Crippen LogP contribution in [0.15, 0.2) is 48.5 Å². The number of benzene rings is 2. The molecule has 2 aromatic rings. The second kappa shape index (κ2) is 20.7. The predicted molar refractivity (Wildman–Crippen MR) is 219 cm³/mol. The minimum atomic E-state index is -2.05. The Bertz CT molecular complexity index is 991. The van der Waals surface area contributed by atoms with Gasteiger partial charge in [-0.3, -0.25) is 0 Å². The van der Waals surface area contributed by atoms with Gasteiger partial charge in [0.25, 0.3) is 0 Å². The van der Waals surface area contributed by atoms with Crippen LogP contribution in [0.25, 0.3) is 0 Å². The molecule has 2 aromatic carbocycles. The minimum Gasteiger partial charge on any atom is -0.195 e. The summed E-state index contributed by atoms with van der Waals surface area (Å²) in [6.45, 7) is 14.4. The van der Waals surface area contributed by atoms with E-state index in [9.17, 15) is 0 Å². The van der Waals surface area contributed by atoms with Crippen LogP contribution in [0.4, 0.5) is 0 Å². The van der Waals surface area contributed by atoms with Crippen molar-refractivity contribution < 1.29 is 0 Å². The highest BCUT2D eigenvalue weighted by atomic mass is 31.2. The molecule has 0 saturated heterocycles. The van der Waals surface area contributed by atoms with Gasteiger partial charge in [0.05, 0.1) is 21.8 Å². The van der Waals surface area contributed by atoms with Crippen molar-refractivity contribution in [3.8, 4) is 0 Å². The molecule has 46 heavy (non-hydrogen) atoms. The highest BCUT2D eigenvalue weighted by Gasteiger charge is 2.49. The van der Waals surface area contributed by atoms with Crippen LogP contribution in [0, 0.1) is 0 Å². The lowest BCUT2D eigenvalue weighted by Crippen LogP contribution is -2.51. The third-order valence-electron chi connectivity index (χ3n) is 12.0. The van der Waals surface area contributed by atoms with E-state index < -0.39 is 23.6 Å². The Morgan fingerprint density at radius 1 is 0.522 bits per heavy atom. The van der Waals surface area contributed by atoms with E-state index in [2.05, 4.69) is 90.1 Å². The fourth-order valence-electron chi connectivity index (χ4n) is 8.90. The van der Waals surface area contributed by atoms with E-state index in [1.807, 2.05) is 0 Å². The van der Waals surface area contributed by atoms with Gasteiger partial charge in [-0.2, -0.15) is 5.50 Å². The van der Waals surface area contributed by atoms with E-state index in [0.717, 1.165) is 0 Å². The van der Waals surface area contributed by atoms with Crippen LogP contribution in [-0.4, -0.2) is 21.8 Å². The Labute approximate surface area is 290 Å². The van der Waals surface area contributed by atoms with E-state index in [1.165, 1.54) is 145 Å². The third kappa shape index (κ3) is 10.1. The first-order valence-corrected chi connectivity index (χ1v) is 27.5. The van der Waals surface area contributed by atoms with Crippen LogP contribution in [0.3, 0.4) is 0 Å². The van der Waals surface area contributed by atoms with Crippen molar-refractivity contribution in [2.75, 3.05) is 0 Å². The molecule has 3 rings (SSSR count). The van der Waals surface area contributed by atoms with E-state index in [1.54, 1.807) is 21.0 Å². The number of unbranched alkanes of at least 4 members (excludes halogenated alkanes) is 6. The Hall–Kier alpha value is -0.736. The van der Waals surface area contributed by atoms with E-state index in [4.69, 9.17) is 5.50 Å². The Morgan fingerprint density at radius 3 is 1.15 bits per heavy atom. The second-order valence-electron chi connectivity index (χ2n) is 15.4. The topological polar surface area (TPSA) is 26.0 Å². The van der Waals surface area contributed by atoms with Crippen molar-refractivity contribution in [3.05, 3.63) is 48.5 Å². The summed E-state index contributed by atoms with van der Waals surface area (Å²) in [7, 11) is -5.28. The molecule has 2 N–H and O–H groups in total. The van der Waals surface area contributed by atoms with Crippen molar-refractivity contribution >= 4 is 44.5 Å². The maximum absolute atomic E-state index is 8.18. The molecule has 0 radical (unpaired) electrons. The number of hydrogen-bond donors (Lipinski definition) is 1. The Morgan fingerprint density at radius 2 is 0.848 bits per heavy atom. The van der Waals surface area contributed by atoms with Crippen LogP contribution in [0.5, 0.6) is 0 Å². The zero-order valence-corrected chi connectivity index (χ0v) is 34.4. The molecule has 0 bridgehead atoms. The minimum absolute atomic E-state index is 0.628. The largest absolute Gasteiger partial charge is 0.195 e. The highest BCUT2D eigenvalue weighted by molar-refractivity contribution is 7.88. The smallest absolute Gasteiger partial charge is 0.145 e. The molecule has 0 aromatic heterocycles. The predicted octanol–water partition coefficient (Wildman–Crippen LogP) is 12.0. The molecule has 0 spiro atoms. The molecular weight excluding hydrogens is 606 g/mol. The molecule has 4 heteroatoms. The first-order chi connectivity index (χ1) is 22.4. The van der Waals surface area contributed by atoms with Crippen molar-refractivity contribution in [2.45, 2.75) is 193 Å². The molecule has 260 valence electrons. The van der Waals surface area contributed by atoms with Gasteiger partial charge in [-0.1, -0.05) is 196 Å². The molecule has 0 heterocycles. The normalized spacial score (nSPS) is 15.0. The quantitative estimate of drug-likeness (QED) is 0.0917. The summed E-state index contributed by atoms with van der Waals surface area (Å²) in [5.41, 5.74) is 8.81. The maximum atomic E-state index is 8.18. The summed E-state index contributed by atoms with van der Waals surface area (Å²) in [5, 5.41) is 6.58. The van der Waals surface area contributed by atoms with Gasteiger partial charge in [0.2, 0.25) is 0 Å². The molecule has 1 saturated carbocycles. The molecule has 1 aliphatic rings. The third-order valence-corrected chi connectivity index (χ3v) is 26.8. The fourth-order valence-corrected chi connectivity index (χ4v) is 24.1. The van der Waals surface area contributed by atoms with Crippen molar-refractivity contribution in [1.29, 1.82) is 0 Å². The first-order valence-electron chi connectivity index (χ1n) is 20.3. The number of nitrogens with two attached hydrogens (primary N) is 1. The molecular formula is C42H75NPSi2+. The van der Waals surface area contributed by atoms with Gasteiger partial charge in [0.1, 0.15) is 18.0 Å². The van der Waals surface area contributed by atoms with E-state index >= 15 is 0 Å². The van der Waals surface area contributed by atoms with Gasteiger partial charge >= 0.3 is 0 Å². The van der Waals surface area contributed by atoms with E-state index in [-0.39, 0.29) is 0 Å². The summed E-state index contributed by atoms with van der Waals surface area (Å²) in [4.78, 5) is 0. The second-order valence-corrected chi connectivity index (χ2v) is 27.9. The van der Waals surface area contributed by atoms with Crippen LogP contribution in [0.1, 0.15) is 151 Å².